The van der Waals surface area contributed by atoms with Gasteiger partial charge >= 0.3 is 5.97 Å². The van der Waals surface area contributed by atoms with Crippen molar-refractivity contribution >= 4 is 11.8 Å². The molecule has 1 aliphatic rings. The minimum absolute atomic E-state index is 0.0342. The number of aryl methyl sites for hydroxylation is 2. The summed E-state index contributed by atoms with van der Waals surface area (Å²) in [5.74, 6) is -0.0983. The summed E-state index contributed by atoms with van der Waals surface area (Å²) in [5.41, 5.74) is 3.56. The Hall–Kier alpha value is -1.64. The highest BCUT2D eigenvalue weighted by Crippen LogP contribution is 2.37. The van der Waals surface area contributed by atoms with Crippen molar-refractivity contribution in [1.29, 1.82) is 0 Å². The van der Waals surface area contributed by atoms with Crippen LogP contribution in [-0.4, -0.2) is 17.4 Å². The van der Waals surface area contributed by atoms with Crippen LogP contribution < -0.4 is 0 Å². The minimum atomic E-state index is -0.616. The second kappa shape index (κ2) is 5.04. The Morgan fingerprint density at radius 3 is 2.40 bits per heavy atom. The predicted octanol–water partition coefficient (Wildman–Crippen LogP) is 3.39. The highest BCUT2D eigenvalue weighted by molar-refractivity contribution is 6.00. The molecule has 0 spiro atoms. The summed E-state index contributed by atoms with van der Waals surface area (Å²) >= 11 is 0. The van der Waals surface area contributed by atoms with Crippen LogP contribution in [0.5, 0.6) is 0 Å². The van der Waals surface area contributed by atoms with Gasteiger partial charge in [0.15, 0.2) is 5.78 Å². The summed E-state index contributed by atoms with van der Waals surface area (Å²) < 4.78 is 5.42. The molecule has 2 rings (SSSR count). The van der Waals surface area contributed by atoms with E-state index in [9.17, 15) is 9.59 Å². The SMILES string of the molecule is CC(=O)OC(C)(C)[C@@H]1CC(=O)c2c(C)ccc(C)c2C1. The van der Waals surface area contributed by atoms with Gasteiger partial charge in [-0.25, -0.2) is 0 Å². The van der Waals surface area contributed by atoms with Crippen LogP contribution in [0.4, 0.5) is 0 Å². The van der Waals surface area contributed by atoms with Crippen LogP contribution in [0, 0.1) is 19.8 Å². The van der Waals surface area contributed by atoms with Crippen molar-refractivity contribution in [3.05, 3.63) is 34.4 Å². The lowest BCUT2D eigenvalue weighted by Gasteiger charge is -2.37. The van der Waals surface area contributed by atoms with Crippen LogP contribution in [0.1, 0.15) is 54.2 Å². The van der Waals surface area contributed by atoms with Crippen LogP contribution in [0.25, 0.3) is 0 Å². The normalized spacial score (nSPS) is 18.6. The zero-order chi connectivity index (χ0) is 15.1. The van der Waals surface area contributed by atoms with E-state index in [4.69, 9.17) is 4.74 Å². The summed E-state index contributed by atoms with van der Waals surface area (Å²) in [6.45, 7) is 9.21. The van der Waals surface area contributed by atoms with Gasteiger partial charge in [0.2, 0.25) is 0 Å². The molecule has 0 unspecified atom stereocenters. The Morgan fingerprint density at radius 2 is 1.80 bits per heavy atom. The van der Waals surface area contributed by atoms with Gasteiger partial charge in [0.25, 0.3) is 0 Å². The van der Waals surface area contributed by atoms with Gasteiger partial charge in [0.1, 0.15) is 5.60 Å². The molecule has 0 saturated carbocycles. The molecular weight excluding hydrogens is 252 g/mol. The second-order valence-electron chi connectivity index (χ2n) is 6.28. The number of hydrogen-bond acceptors (Lipinski definition) is 3. The van der Waals surface area contributed by atoms with E-state index in [1.807, 2.05) is 33.8 Å². The molecule has 1 atom stereocenters. The van der Waals surface area contributed by atoms with E-state index < -0.39 is 5.60 Å². The first-order valence-corrected chi connectivity index (χ1v) is 7.04. The molecule has 0 saturated heterocycles. The number of Topliss-reactive ketones (excluding diaryl/α,β-unsaturated/α-hetero) is 1. The fourth-order valence-electron chi connectivity index (χ4n) is 3.11. The first-order valence-electron chi connectivity index (χ1n) is 7.04. The molecule has 1 aromatic carbocycles. The lowest BCUT2D eigenvalue weighted by atomic mass is 9.73. The van der Waals surface area contributed by atoms with E-state index in [2.05, 4.69) is 6.07 Å². The number of hydrogen-bond donors (Lipinski definition) is 0. The molecule has 0 heterocycles. The number of rotatable bonds is 2. The predicted molar refractivity (Wildman–Crippen MR) is 77.9 cm³/mol. The van der Waals surface area contributed by atoms with Crippen LogP contribution in [-0.2, 0) is 16.0 Å². The zero-order valence-electron chi connectivity index (χ0n) is 12.9. The Bertz CT molecular complexity index is 570. The maximum atomic E-state index is 12.5. The Labute approximate surface area is 120 Å². The Morgan fingerprint density at radius 1 is 1.20 bits per heavy atom. The van der Waals surface area contributed by atoms with Crippen LogP contribution >= 0.6 is 0 Å². The number of carbonyl (C=O) groups excluding carboxylic acids is 2. The van der Waals surface area contributed by atoms with Crippen LogP contribution in [0.2, 0.25) is 0 Å². The monoisotopic (exact) mass is 274 g/mol. The molecule has 3 nitrogen and oxygen atoms in total. The van der Waals surface area contributed by atoms with Crippen molar-refractivity contribution in [2.24, 2.45) is 5.92 Å². The van der Waals surface area contributed by atoms with Gasteiger partial charge in [0, 0.05) is 24.8 Å². The minimum Gasteiger partial charge on any atom is -0.460 e. The van der Waals surface area contributed by atoms with E-state index in [0.29, 0.717) is 6.42 Å². The van der Waals surface area contributed by atoms with E-state index in [-0.39, 0.29) is 17.7 Å². The van der Waals surface area contributed by atoms with Gasteiger partial charge in [-0.3, -0.25) is 9.59 Å². The number of esters is 1. The van der Waals surface area contributed by atoms with Crippen molar-refractivity contribution in [2.45, 2.75) is 53.1 Å². The number of ether oxygens (including phenoxy) is 1. The quantitative estimate of drug-likeness (QED) is 0.776. The molecular formula is C17H22O3. The number of carbonyl (C=O) groups is 2. The van der Waals surface area contributed by atoms with Crippen molar-refractivity contribution < 1.29 is 14.3 Å². The highest BCUT2D eigenvalue weighted by atomic mass is 16.6. The van der Waals surface area contributed by atoms with Gasteiger partial charge in [0.05, 0.1) is 0 Å². The van der Waals surface area contributed by atoms with Gasteiger partial charge < -0.3 is 4.74 Å². The maximum Gasteiger partial charge on any atom is 0.303 e. The molecule has 3 heteroatoms. The van der Waals surface area contributed by atoms with Gasteiger partial charge in [-0.1, -0.05) is 12.1 Å². The average molecular weight is 274 g/mol. The molecule has 0 radical (unpaired) electrons. The number of benzene rings is 1. The van der Waals surface area contributed by atoms with Gasteiger partial charge in [-0.15, -0.1) is 0 Å². The van der Waals surface area contributed by atoms with E-state index in [1.165, 1.54) is 6.92 Å². The third-order valence-electron chi connectivity index (χ3n) is 4.31. The molecule has 20 heavy (non-hydrogen) atoms. The molecule has 1 aromatic rings. The van der Waals surface area contributed by atoms with Crippen molar-refractivity contribution in [2.75, 3.05) is 0 Å². The molecule has 0 amide bonds. The van der Waals surface area contributed by atoms with Gasteiger partial charge in [-0.2, -0.15) is 0 Å². The van der Waals surface area contributed by atoms with E-state index >= 15 is 0 Å². The fourth-order valence-corrected chi connectivity index (χ4v) is 3.11. The largest absolute Gasteiger partial charge is 0.460 e. The third-order valence-corrected chi connectivity index (χ3v) is 4.31. The standard InChI is InChI=1S/C17H22O3/c1-10-6-7-11(2)16-14(10)8-13(9-15(16)19)17(4,5)20-12(3)18/h6-7,13H,8-9H2,1-5H3/t13-/m0/s1. The fraction of sp³-hybridized carbons (Fsp3) is 0.529. The summed E-state index contributed by atoms with van der Waals surface area (Å²) in [6.07, 6.45) is 1.23. The molecule has 0 N–H and O–H groups in total. The average Bonchev–Trinajstić information content (AvgIpc) is 2.31. The molecule has 0 fully saturated rings. The maximum absolute atomic E-state index is 12.5. The highest BCUT2D eigenvalue weighted by Gasteiger charge is 2.39. The molecule has 0 bridgehead atoms. The third kappa shape index (κ3) is 2.62. The lowest BCUT2D eigenvalue weighted by molar-refractivity contribution is -0.159. The second-order valence-corrected chi connectivity index (χ2v) is 6.28. The first kappa shape index (κ1) is 14.8. The topological polar surface area (TPSA) is 43.4 Å². The summed E-state index contributed by atoms with van der Waals surface area (Å²) in [5, 5.41) is 0. The number of ketones is 1. The van der Waals surface area contributed by atoms with E-state index in [1.54, 1.807) is 0 Å². The smallest absolute Gasteiger partial charge is 0.303 e. The molecule has 108 valence electrons. The number of fused-ring (bicyclic) bond motifs is 1. The molecule has 0 aliphatic heterocycles. The zero-order valence-corrected chi connectivity index (χ0v) is 12.9. The summed E-state index contributed by atoms with van der Waals surface area (Å²) in [4.78, 5) is 23.7. The molecule has 0 aromatic heterocycles. The first-order chi connectivity index (χ1) is 9.22. The summed E-state index contributed by atoms with van der Waals surface area (Å²) in [7, 11) is 0. The van der Waals surface area contributed by atoms with Crippen molar-refractivity contribution in [1.82, 2.24) is 0 Å². The Balaban J connectivity index is 2.39. The lowest BCUT2D eigenvalue weighted by Crippen LogP contribution is -2.41. The van der Waals surface area contributed by atoms with Crippen LogP contribution in [0.3, 0.4) is 0 Å². The Kier molecular flexibility index (Phi) is 3.72. The van der Waals surface area contributed by atoms with Crippen molar-refractivity contribution in [3.63, 3.8) is 0 Å². The summed E-state index contributed by atoms with van der Waals surface area (Å²) in [6, 6.07) is 4.06. The molecule has 1 aliphatic carbocycles. The van der Waals surface area contributed by atoms with Crippen molar-refractivity contribution in [3.8, 4) is 0 Å². The van der Waals surface area contributed by atoms with Crippen LogP contribution in [0.15, 0.2) is 12.1 Å². The van der Waals surface area contributed by atoms with E-state index in [0.717, 1.165) is 28.7 Å². The van der Waals surface area contributed by atoms with Gasteiger partial charge in [-0.05, 0) is 50.8 Å².